The van der Waals surface area contributed by atoms with Gasteiger partial charge >= 0.3 is 5.97 Å². The van der Waals surface area contributed by atoms with E-state index in [0.29, 0.717) is 29.0 Å². The first-order valence-electron chi connectivity index (χ1n) is 6.22. The molecule has 0 amide bonds. The summed E-state index contributed by atoms with van der Waals surface area (Å²) in [5, 5.41) is 9.97. The summed E-state index contributed by atoms with van der Waals surface area (Å²) in [5.41, 5.74) is 1.53. The maximum atomic E-state index is 11.4. The van der Waals surface area contributed by atoms with Gasteiger partial charge in [-0.1, -0.05) is 18.2 Å². The smallest absolute Gasteiger partial charge is 0.336 e. The fourth-order valence-corrected chi connectivity index (χ4v) is 2.21. The maximum Gasteiger partial charge on any atom is 0.336 e. The van der Waals surface area contributed by atoms with Crippen LogP contribution in [0.15, 0.2) is 36.4 Å². The summed E-state index contributed by atoms with van der Waals surface area (Å²) < 4.78 is 5.55. The second-order valence-electron chi connectivity index (χ2n) is 4.44. The van der Waals surface area contributed by atoms with E-state index in [9.17, 15) is 9.90 Å². The van der Waals surface area contributed by atoms with Crippen LogP contribution in [0.3, 0.4) is 0 Å². The third kappa shape index (κ3) is 2.17. The molecule has 1 aliphatic heterocycles. The molecule has 4 nitrogen and oxygen atoms in total. The first-order valence-corrected chi connectivity index (χ1v) is 6.22. The number of aromatic carboxylic acids is 1. The lowest BCUT2D eigenvalue weighted by Gasteiger charge is -2.15. The Morgan fingerprint density at radius 3 is 2.89 bits per heavy atom. The van der Waals surface area contributed by atoms with Crippen LogP contribution in [0.4, 0.5) is 0 Å². The highest BCUT2D eigenvalue weighted by molar-refractivity contribution is 6.03. The molecule has 2 heterocycles. The fourth-order valence-electron chi connectivity index (χ4n) is 2.21. The van der Waals surface area contributed by atoms with Crippen LogP contribution < -0.4 is 0 Å². The van der Waals surface area contributed by atoms with Gasteiger partial charge < -0.3 is 9.84 Å². The number of carboxylic acid groups (broad SMARTS) is 1. The van der Waals surface area contributed by atoms with Crippen LogP contribution in [0.5, 0.6) is 0 Å². The van der Waals surface area contributed by atoms with Crippen molar-refractivity contribution in [2.45, 2.75) is 12.8 Å². The summed E-state index contributed by atoms with van der Waals surface area (Å²) >= 11 is 0. The monoisotopic (exact) mass is 255 g/mol. The Bertz CT molecular complexity index is 676. The minimum atomic E-state index is -0.948. The van der Waals surface area contributed by atoms with E-state index in [-0.39, 0.29) is 5.56 Å². The number of carboxylic acids is 1. The molecule has 0 aliphatic carbocycles. The number of hydrogen-bond donors (Lipinski definition) is 1. The molecular formula is C15H13NO3. The molecule has 1 N–H and O–H groups in total. The van der Waals surface area contributed by atoms with Gasteiger partial charge in [-0.3, -0.25) is 0 Å². The van der Waals surface area contributed by atoms with Gasteiger partial charge in [0.15, 0.2) is 0 Å². The summed E-state index contributed by atoms with van der Waals surface area (Å²) in [4.78, 5) is 15.8. The number of allylic oxidation sites excluding steroid dienone is 1. The molecule has 0 bridgehead atoms. The van der Waals surface area contributed by atoms with Crippen LogP contribution in [0, 0.1) is 0 Å². The highest BCUT2D eigenvalue weighted by atomic mass is 16.5. The Hall–Kier alpha value is -2.36. The summed E-state index contributed by atoms with van der Waals surface area (Å²) in [7, 11) is 0. The topological polar surface area (TPSA) is 59.4 Å². The zero-order valence-electron chi connectivity index (χ0n) is 10.3. The Labute approximate surface area is 110 Å². The largest absolute Gasteiger partial charge is 0.492 e. The van der Waals surface area contributed by atoms with E-state index in [1.165, 1.54) is 0 Å². The molecule has 0 saturated heterocycles. The average Bonchev–Trinajstić information content (AvgIpc) is 2.47. The quantitative estimate of drug-likeness (QED) is 0.895. The van der Waals surface area contributed by atoms with Gasteiger partial charge in [-0.05, 0) is 31.1 Å². The fraction of sp³-hybridized carbons (Fsp3) is 0.200. The highest BCUT2D eigenvalue weighted by Gasteiger charge is 2.15. The van der Waals surface area contributed by atoms with Crippen molar-refractivity contribution in [3.8, 4) is 0 Å². The van der Waals surface area contributed by atoms with E-state index >= 15 is 0 Å². The van der Waals surface area contributed by atoms with Crippen molar-refractivity contribution in [2.24, 2.45) is 0 Å². The second-order valence-corrected chi connectivity index (χ2v) is 4.44. The van der Waals surface area contributed by atoms with Crippen molar-refractivity contribution < 1.29 is 14.6 Å². The molecule has 1 aliphatic rings. The lowest BCUT2D eigenvalue weighted by molar-refractivity contribution is 0.0699. The predicted molar refractivity (Wildman–Crippen MR) is 71.9 cm³/mol. The molecule has 1 aromatic heterocycles. The van der Waals surface area contributed by atoms with Crippen LogP contribution in [-0.4, -0.2) is 22.7 Å². The molecule has 0 saturated carbocycles. The minimum Gasteiger partial charge on any atom is -0.492 e. The maximum absolute atomic E-state index is 11.4. The summed E-state index contributed by atoms with van der Waals surface area (Å²) in [6.45, 7) is 0.656. The van der Waals surface area contributed by atoms with Crippen LogP contribution in [0.1, 0.15) is 28.9 Å². The lowest BCUT2D eigenvalue weighted by Crippen LogP contribution is -2.05. The third-order valence-corrected chi connectivity index (χ3v) is 3.13. The zero-order chi connectivity index (χ0) is 13.2. The number of aromatic nitrogens is 1. The van der Waals surface area contributed by atoms with E-state index in [1.54, 1.807) is 12.1 Å². The van der Waals surface area contributed by atoms with Gasteiger partial charge in [-0.15, -0.1) is 0 Å². The predicted octanol–water partition coefficient (Wildman–Crippen LogP) is 3.08. The molecular weight excluding hydrogens is 242 g/mol. The summed E-state index contributed by atoms with van der Waals surface area (Å²) in [5.74, 6) is -0.268. The Kier molecular flexibility index (Phi) is 2.91. The molecule has 2 aromatic rings. The SMILES string of the molecule is O=C(O)c1cc(C2=CCCCO2)nc2ccccc12. The van der Waals surface area contributed by atoms with Crippen LogP contribution >= 0.6 is 0 Å². The number of rotatable bonds is 2. The van der Waals surface area contributed by atoms with Gasteiger partial charge in [0, 0.05) is 5.39 Å². The molecule has 0 spiro atoms. The van der Waals surface area contributed by atoms with Gasteiger partial charge in [0.1, 0.15) is 11.5 Å². The number of ether oxygens (including phenoxy) is 1. The van der Waals surface area contributed by atoms with E-state index in [1.807, 2.05) is 24.3 Å². The van der Waals surface area contributed by atoms with Crippen molar-refractivity contribution in [2.75, 3.05) is 6.61 Å². The standard InChI is InChI=1S/C15H13NO3/c17-15(18)11-9-13(14-7-3-4-8-19-14)16-12-6-2-1-5-10(11)12/h1-2,5-7,9H,3-4,8H2,(H,17,18). The van der Waals surface area contributed by atoms with Crippen LogP contribution in [0.25, 0.3) is 16.7 Å². The normalized spacial score (nSPS) is 14.8. The Morgan fingerprint density at radius 1 is 1.32 bits per heavy atom. The number of benzene rings is 1. The third-order valence-electron chi connectivity index (χ3n) is 3.13. The average molecular weight is 255 g/mol. The number of para-hydroxylation sites is 1. The van der Waals surface area contributed by atoms with E-state index in [4.69, 9.17) is 4.74 Å². The molecule has 0 fully saturated rings. The molecule has 96 valence electrons. The van der Waals surface area contributed by atoms with Crippen molar-refractivity contribution in [1.29, 1.82) is 0 Å². The number of pyridine rings is 1. The van der Waals surface area contributed by atoms with Gasteiger partial charge in [-0.2, -0.15) is 0 Å². The Balaban J connectivity index is 2.21. The van der Waals surface area contributed by atoms with Crippen molar-refractivity contribution in [3.05, 3.63) is 47.7 Å². The van der Waals surface area contributed by atoms with Gasteiger partial charge in [0.2, 0.25) is 0 Å². The first-order chi connectivity index (χ1) is 9.25. The summed E-state index contributed by atoms with van der Waals surface area (Å²) in [6, 6.07) is 8.83. The second kappa shape index (κ2) is 4.72. The molecule has 0 atom stereocenters. The van der Waals surface area contributed by atoms with Crippen LogP contribution in [-0.2, 0) is 4.74 Å². The Morgan fingerprint density at radius 2 is 2.16 bits per heavy atom. The molecule has 1 aromatic carbocycles. The number of hydrogen-bond acceptors (Lipinski definition) is 3. The molecule has 0 radical (unpaired) electrons. The summed E-state index contributed by atoms with van der Waals surface area (Å²) in [6.07, 6.45) is 3.89. The minimum absolute atomic E-state index is 0.260. The van der Waals surface area contributed by atoms with Crippen molar-refractivity contribution >= 4 is 22.6 Å². The van der Waals surface area contributed by atoms with Crippen molar-refractivity contribution in [3.63, 3.8) is 0 Å². The lowest BCUT2D eigenvalue weighted by atomic mass is 10.1. The molecule has 3 rings (SSSR count). The van der Waals surface area contributed by atoms with Gasteiger partial charge in [-0.25, -0.2) is 9.78 Å². The van der Waals surface area contributed by atoms with Gasteiger partial charge in [0.05, 0.1) is 17.7 Å². The van der Waals surface area contributed by atoms with E-state index in [0.717, 1.165) is 12.8 Å². The van der Waals surface area contributed by atoms with Crippen molar-refractivity contribution in [1.82, 2.24) is 4.98 Å². The van der Waals surface area contributed by atoms with Gasteiger partial charge in [0.25, 0.3) is 0 Å². The number of carbonyl (C=O) groups is 1. The zero-order valence-corrected chi connectivity index (χ0v) is 10.3. The highest BCUT2D eigenvalue weighted by Crippen LogP contribution is 2.25. The molecule has 4 heteroatoms. The van der Waals surface area contributed by atoms with E-state index in [2.05, 4.69) is 4.98 Å². The first kappa shape index (κ1) is 11.7. The number of fused-ring (bicyclic) bond motifs is 1. The molecule has 0 unspecified atom stereocenters. The van der Waals surface area contributed by atoms with Crippen LogP contribution in [0.2, 0.25) is 0 Å². The van der Waals surface area contributed by atoms with E-state index < -0.39 is 5.97 Å². The number of nitrogens with zero attached hydrogens (tertiary/aromatic N) is 1. The molecule has 19 heavy (non-hydrogen) atoms.